The van der Waals surface area contributed by atoms with Crippen molar-refractivity contribution in [2.45, 2.75) is 13.3 Å². The largest absolute Gasteiger partial charge is 0.508 e. The summed E-state index contributed by atoms with van der Waals surface area (Å²) in [4.78, 5) is 15.7. The van der Waals surface area contributed by atoms with E-state index < -0.39 is 0 Å². The Morgan fingerprint density at radius 1 is 1.15 bits per heavy atom. The van der Waals surface area contributed by atoms with Gasteiger partial charge in [0.2, 0.25) is 0 Å². The van der Waals surface area contributed by atoms with Gasteiger partial charge >= 0.3 is 0 Å². The van der Waals surface area contributed by atoms with Crippen molar-refractivity contribution in [3.63, 3.8) is 0 Å². The molecule has 1 aromatic heterocycles. The van der Waals surface area contributed by atoms with Gasteiger partial charge in [0.15, 0.2) is 0 Å². The second-order valence-electron chi connectivity index (χ2n) is 4.14. The number of phenolic OH excluding ortho intramolecular Hbond substituents is 1. The Kier molecular flexibility index (Phi) is 4.44. The average molecular weight is 269 g/mol. The summed E-state index contributed by atoms with van der Waals surface area (Å²) in [6.45, 7) is 1.95. The van der Waals surface area contributed by atoms with Crippen molar-refractivity contribution in [3.8, 4) is 5.75 Å². The number of carbonyl (C=O) groups is 1. The lowest BCUT2D eigenvalue weighted by atomic mass is 10.1. The van der Waals surface area contributed by atoms with Crippen LogP contribution in [0, 0.1) is 0 Å². The summed E-state index contributed by atoms with van der Waals surface area (Å²) < 4.78 is 0. The Labute approximate surface area is 117 Å². The molecular weight excluding hydrogens is 254 g/mol. The number of nitrogens with zero attached hydrogens (tertiary/aromatic N) is 2. The van der Waals surface area contributed by atoms with E-state index in [1.165, 1.54) is 0 Å². The van der Waals surface area contributed by atoms with Crippen LogP contribution in [0.25, 0.3) is 0 Å². The lowest BCUT2D eigenvalue weighted by Gasteiger charge is -2.05. The van der Waals surface area contributed by atoms with Crippen LogP contribution in [-0.4, -0.2) is 21.7 Å². The van der Waals surface area contributed by atoms with E-state index in [9.17, 15) is 9.90 Å². The van der Waals surface area contributed by atoms with Crippen LogP contribution >= 0.6 is 0 Å². The number of amides is 1. The minimum Gasteiger partial charge on any atom is -0.508 e. The molecule has 1 amide bonds. The third-order valence-electron chi connectivity index (χ3n) is 2.77. The maximum Gasteiger partial charge on any atom is 0.271 e. The molecule has 2 aromatic rings. The van der Waals surface area contributed by atoms with E-state index in [1.54, 1.807) is 48.8 Å². The minimum atomic E-state index is -0.280. The quantitative estimate of drug-likeness (QED) is 0.660. The molecule has 1 aromatic carbocycles. The Morgan fingerprint density at radius 2 is 1.80 bits per heavy atom. The standard InChI is InChI=1S/C15H15N3O2/c1-2-14(11-3-5-13(19)6-4-11)17-18-15(20)12-7-9-16-10-8-12/h3-10,19H,2H2,1H3,(H,18,20)/b17-14+. The van der Waals surface area contributed by atoms with Gasteiger partial charge in [-0.05, 0) is 48.4 Å². The number of hydrazone groups is 1. The highest BCUT2D eigenvalue weighted by Gasteiger charge is 2.05. The van der Waals surface area contributed by atoms with Gasteiger partial charge in [-0.15, -0.1) is 0 Å². The molecule has 1 heterocycles. The minimum absolute atomic E-state index is 0.199. The van der Waals surface area contributed by atoms with E-state index >= 15 is 0 Å². The van der Waals surface area contributed by atoms with Crippen molar-refractivity contribution in [1.82, 2.24) is 10.4 Å². The summed E-state index contributed by atoms with van der Waals surface area (Å²) >= 11 is 0. The second kappa shape index (κ2) is 6.47. The van der Waals surface area contributed by atoms with Crippen LogP contribution in [-0.2, 0) is 0 Å². The fourth-order valence-electron chi connectivity index (χ4n) is 1.69. The van der Waals surface area contributed by atoms with Gasteiger partial charge in [0.05, 0.1) is 5.71 Å². The number of pyridine rings is 1. The first-order valence-corrected chi connectivity index (χ1v) is 6.27. The average Bonchev–Trinajstić information content (AvgIpc) is 2.50. The Bertz CT molecular complexity index is 607. The smallest absolute Gasteiger partial charge is 0.271 e. The molecule has 0 radical (unpaired) electrons. The molecule has 0 spiro atoms. The van der Waals surface area contributed by atoms with E-state index in [0.717, 1.165) is 11.3 Å². The van der Waals surface area contributed by atoms with Gasteiger partial charge in [0.25, 0.3) is 5.91 Å². The fraction of sp³-hybridized carbons (Fsp3) is 0.133. The van der Waals surface area contributed by atoms with E-state index in [-0.39, 0.29) is 11.7 Å². The van der Waals surface area contributed by atoms with Crippen LogP contribution in [0.5, 0.6) is 5.75 Å². The molecule has 0 aliphatic heterocycles. The van der Waals surface area contributed by atoms with Gasteiger partial charge in [-0.2, -0.15) is 5.10 Å². The van der Waals surface area contributed by atoms with Crippen LogP contribution in [0.15, 0.2) is 53.9 Å². The predicted molar refractivity (Wildman–Crippen MR) is 76.6 cm³/mol. The molecule has 0 atom stereocenters. The first kappa shape index (κ1) is 13.7. The number of aromatic nitrogens is 1. The van der Waals surface area contributed by atoms with Gasteiger partial charge in [0, 0.05) is 18.0 Å². The van der Waals surface area contributed by atoms with Crippen molar-refractivity contribution in [2.75, 3.05) is 0 Å². The van der Waals surface area contributed by atoms with Gasteiger partial charge in [0.1, 0.15) is 5.75 Å². The number of hydrogen-bond donors (Lipinski definition) is 2. The van der Waals surface area contributed by atoms with Crippen LogP contribution in [0.1, 0.15) is 29.3 Å². The number of nitrogens with one attached hydrogen (secondary N) is 1. The van der Waals surface area contributed by atoms with Gasteiger partial charge in [-0.3, -0.25) is 9.78 Å². The molecule has 0 saturated carbocycles. The number of benzene rings is 1. The third-order valence-corrected chi connectivity index (χ3v) is 2.77. The zero-order valence-corrected chi connectivity index (χ0v) is 11.1. The van der Waals surface area contributed by atoms with Crippen molar-refractivity contribution < 1.29 is 9.90 Å². The number of carbonyl (C=O) groups excluding carboxylic acids is 1. The summed E-state index contributed by atoms with van der Waals surface area (Å²) in [5.74, 6) is -0.0813. The van der Waals surface area contributed by atoms with Crippen LogP contribution in [0.3, 0.4) is 0 Å². The van der Waals surface area contributed by atoms with Crippen LogP contribution in [0.2, 0.25) is 0 Å². The Hall–Kier alpha value is -2.69. The van der Waals surface area contributed by atoms with E-state index in [4.69, 9.17) is 0 Å². The topological polar surface area (TPSA) is 74.6 Å². The summed E-state index contributed by atoms with van der Waals surface area (Å²) in [6.07, 6.45) is 3.78. The highest BCUT2D eigenvalue weighted by molar-refractivity contribution is 6.02. The molecular formula is C15H15N3O2. The van der Waals surface area contributed by atoms with Gasteiger partial charge in [-0.1, -0.05) is 6.92 Å². The molecule has 2 rings (SSSR count). The highest BCUT2D eigenvalue weighted by atomic mass is 16.3. The Balaban J connectivity index is 2.12. The number of phenols is 1. The summed E-state index contributed by atoms with van der Waals surface area (Å²) in [7, 11) is 0. The normalized spacial score (nSPS) is 11.2. The fourth-order valence-corrected chi connectivity index (χ4v) is 1.69. The molecule has 0 fully saturated rings. The van der Waals surface area contributed by atoms with E-state index in [1.807, 2.05) is 6.92 Å². The van der Waals surface area contributed by atoms with Crippen molar-refractivity contribution >= 4 is 11.6 Å². The van der Waals surface area contributed by atoms with E-state index in [0.29, 0.717) is 12.0 Å². The lowest BCUT2D eigenvalue weighted by molar-refractivity contribution is 0.0954. The first-order valence-electron chi connectivity index (χ1n) is 6.27. The molecule has 0 unspecified atom stereocenters. The highest BCUT2D eigenvalue weighted by Crippen LogP contribution is 2.11. The van der Waals surface area contributed by atoms with Crippen LogP contribution in [0.4, 0.5) is 0 Å². The zero-order chi connectivity index (χ0) is 14.4. The predicted octanol–water partition coefficient (Wildman–Crippen LogP) is 2.33. The zero-order valence-electron chi connectivity index (χ0n) is 11.1. The maximum atomic E-state index is 11.9. The van der Waals surface area contributed by atoms with E-state index in [2.05, 4.69) is 15.5 Å². The third kappa shape index (κ3) is 3.41. The summed E-state index contributed by atoms with van der Waals surface area (Å²) in [5, 5.41) is 13.4. The van der Waals surface area contributed by atoms with Crippen molar-refractivity contribution in [1.29, 1.82) is 0 Å². The van der Waals surface area contributed by atoms with Crippen molar-refractivity contribution in [3.05, 3.63) is 59.9 Å². The maximum absolute atomic E-state index is 11.9. The Morgan fingerprint density at radius 3 is 2.40 bits per heavy atom. The SMILES string of the molecule is CC/C(=N\NC(=O)c1ccncc1)c1ccc(O)cc1. The second-order valence-corrected chi connectivity index (χ2v) is 4.14. The summed E-state index contributed by atoms with van der Waals surface area (Å²) in [6, 6.07) is 9.94. The van der Waals surface area contributed by atoms with Gasteiger partial charge < -0.3 is 5.11 Å². The lowest BCUT2D eigenvalue weighted by Crippen LogP contribution is -2.19. The molecule has 5 nitrogen and oxygen atoms in total. The molecule has 0 bridgehead atoms. The number of hydrogen-bond acceptors (Lipinski definition) is 4. The first-order chi connectivity index (χ1) is 9.70. The molecule has 0 saturated heterocycles. The molecule has 2 N–H and O–H groups in total. The molecule has 0 aliphatic rings. The number of rotatable bonds is 4. The van der Waals surface area contributed by atoms with Crippen LogP contribution < -0.4 is 5.43 Å². The molecule has 102 valence electrons. The molecule has 20 heavy (non-hydrogen) atoms. The molecule has 0 aliphatic carbocycles. The number of aromatic hydroxyl groups is 1. The summed E-state index contributed by atoms with van der Waals surface area (Å²) in [5.41, 5.74) is 4.63. The van der Waals surface area contributed by atoms with Gasteiger partial charge in [-0.25, -0.2) is 5.43 Å². The van der Waals surface area contributed by atoms with Crippen molar-refractivity contribution in [2.24, 2.45) is 5.10 Å². The molecule has 5 heteroatoms. The monoisotopic (exact) mass is 269 g/mol.